The fourth-order valence-corrected chi connectivity index (χ4v) is 2.02. The number of aromatic nitrogens is 3. The van der Waals surface area contributed by atoms with Gasteiger partial charge in [-0.15, -0.1) is 0 Å². The molecular weight excluding hydrogens is 248 g/mol. The number of hydrogen-bond acceptors (Lipinski definition) is 3. The third-order valence-corrected chi connectivity index (χ3v) is 3.01. The Kier molecular flexibility index (Phi) is 2.64. The summed E-state index contributed by atoms with van der Waals surface area (Å²) in [5.74, 6) is 0. The first-order chi connectivity index (χ1) is 8.72. The fourth-order valence-electron chi connectivity index (χ4n) is 1.90. The number of hydrogen-bond donors (Lipinski definition) is 1. The van der Waals surface area contributed by atoms with Gasteiger partial charge in [-0.3, -0.25) is 4.68 Å². The van der Waals surface area contributed by atoms with Gasteiger partial charge in [-0.1, -0.05) is 17.7 Å². The molecule has 3 rings (SSSR count). The zero-order chi connectivity index (χ0) is 12.5. The molecule has 90 valence electrons. The number of nitrogens with two attached hydrogens (primary N) is 1. The summed E-state index contributed by atoms with van der Waals surface area (Å²) in [4.78, 5) is 4.06. The summed E-state index contributed by atoms with van der Waals surface area (Å²) in [6, 6.07) is 9.49. The lowest BCUT2D eigenvalue weighted by atomic mass is 10.2. The molecule has 4 nitrogen and oxygen atoms in total. The van der Waals surface area contributed by atoms with E-state index >= 15 is 0 Å². The Labute approximate surface area is 109 Å². The zero-order valence-electron chi connectivity index (χ0n) is 9.55. The van der Waals surface area contributed by atoms with Gasteiger partial charge in [0.1, 0.15) is 5.15 Å². The minimum atomic E-state index is 0.497. The number of anilines is 1. The van der Waals surface area contributed by atoms with E-state index in [4.69, 9.17) is 17.3 Å². The lowest BCUT2D eigenvalue weighted by molar-refractivity contribution is 0.710. The van der Waals surface area contributed by atoms with Crippen molar-refractivity contribution in [2.24, 2.45) is 0 Å². The van der Waals surface area contributed by atoms with Crippen molar-refractivity contribution in [1.29, 1.82) is 0 Å². The van der Waals surface area contributed by atoms with Gasteiger partial charge in [0.2, 0.25) is 0 Å². The van der Waals surface area contributed by atoms with Gasteiger partial charge in [0, 0.05) is 17.3 Å². The standard InChI is InChI=1S/C13H11ClN4/c14-13-4-1-9(6-16-13)8-18-12-3-2-11(15)5-10(12)7-17-18/h1-7H,8,15H2. The van der Waals surface area contributed by atoms with Gasteiger partial charge in [0.05, 0.1) is 18.3 Å². The van der Waals surface area contributed by atoms with Crippen LogP contribution in [-0.2, 0) is 6.54 Å². The zero-order valence-corrected chi connectivity index (χ0v) is 10.3. The van der Waals surface area contributed by atoms with Gasteiger partial charge in [-0.25, -0.2) is 4.98 Å². The summed E-state index contributed by atoms with van der Waals surface area (Å²) < 4.78 is 1.92. The van der Waals surface area contributed by atoms with Gasteiger partial charge in [-0.2, -0.15) is 5.10 Å². The largest absolute Gasteiger partial charge is 0.399 e. The van der Waals surface area contributed by atoms with Gasteiger partial charge in [-0.05, 0) is 29.8 Å². The molecule has 0 spiro atoms. The van der Waals surface area contributed by atoms with Crippen molar-refractivity contribution in [1.82, 2.24) is 14.8 Å². The van der Waals surface area contributed by atoms with E-state index in [1.54, 1.807) is 12.3 Å². The molecule has 18 heavy (non-hydrogen) atoms. The predicted molar refractivity (Wildman–Crippen MR) is 72.5 cm³/mol. The Morgan fingerprint density at radius 1 is 1.17 bits per heavy atom. The molecule has 0 aliphatic heterocycles. The van der Waals surface area contributed by atoms with Crippen LogP contribution in [0, 0.1) is 0 Å². The summed E-state index contributed by atoms with van der Waals surface area (Å²) in [6.45, 7) is 0.664. The summed E-state index contributed by atoms with van der Waals surface area (Å²) >= 11 is 5.76. The molecule has 0 saturated heterocycles. The van der Waals surface area contributed by atoms with Gasteiger partial charge < -0.3 is 5.73 Å². The first-order valence-corrected chi connectivity index (χ1v) is 5.92. The van der Waals surface area contributed by atoms with Crippen molar-refractivity contribution < 1.29 is 0 Å². The van der Waals surface area contributed by atoms with E-state index < -0.39 is 0 Å². The van der Waals surface area contributed by atoms with E-state index in [2.05, 4.69) is 10.1 Å². The Morgan fingerprint density at radius 2 is 2.06 bits per heavy atom. The number of benzene rings is 1. The SMILES string of the molecule is Nc1ccc2c(cnn2Cc2ccc(Cl)nc2)c1. The third-order valence-electron chi connectivity index (χ3n) is 2.79. The Bertz CT molecular complexity index is 688. The summed E-state index contributed by atoms with van der Waals surface area (Å²) in [5, 5.41) is 5.89. The van der Waals surface area contributed by atoms with Crippen molar-refractivity contribution in [3.63, 3.8) is 0 Å². The number of pyridine rings is 1. The molecular formula is C13H11ClN4. The van der Waals surface area contributed by atoms with E-state index in [9.17, 15) is 0 Å². The number of nitrogen functional groups attached to an aromatic ring is 1. The number of fused-ring (bicyclic) bond motifs is 1. The van der Waals surface area contributed by atoms with Gasteiger partial charge in [0.25, 0.3) is 0 Å². The van der Waals surface area contributed by atoms with Crippen LogP contribution in [0.5, 0.6) is 0 Å². The summed E-state index contributed by atoms with van der Waals surface area (Å²) in [7, 11) is 0. The highest BCUT2D eigenvalue weighted by Gasteiger charge is 2.04. The fraction of sp³-hybridized carbons (Fsp3) is 0.0769. The Hall–Kier alpha value is -2.07. The van der Waals surface area contributed by atoms with Crippen molar-refractivity contribution >= 4 is 28.2 Å². The highest BCUT2D eigenvalue weighted by molar-refractivity contribution is 6.29. The van der Waals surface area contributed by atoms with E-state index in [1.165, 1.54) is 0 Å². The molecule has 0 aliphatic carbocycles. The van der Waals surface area contributed by atoms with Crippen LogP contribution in [-0.4, -0.2) is 14.8 Å². The number of nitrogens with zero attached hydrogens (tertiary/aromatic N) is 3. The van der Waals surface area contributed by atoms with E-state index in [0.29, 0.717) is 11.7 Å². The van der Waals surface area contributed by atoms with Crippen LogP contribution >= 0.6 is 11.6 Å². The molecule has 5 heteroatoms. The molecule has 0 unspecified atom stereocenters. The predicted octanol–water partition coefficient (Wildman–Crippen LogP) is 2.72. The Morgan fingerprint density at radius 3 is 2.83 bits per heavy atom. The van der Waals surface area contributed by atoms with Gasteiger partial charge >= 0.3 is 0 Å². The van der Waals surface area contributed by atoms with Crippen LogP contribution in [0.3, 0.4) is 0 Å². The lowest BCUT2D eigenvalue weighted by Gasteiger charge is -2.04. The second kappa shape index (κ2) is 4.31. The smallest absolute Gasteiger partial charge is 0.129 e. The summed E-state index contributed by atoms with van der Waals surface area (Å²) in [5.41, 5.74) is 8.60. The molecule has 0 radical (unpaired) electrons. The maximum Gasteiger partial charge on any atom is 0.129 e. The van der Waals surface area contributed by atoms with Crippen molar-refractivity contribution in [2.75, 3.05) is 5.73 Å². The molecule has 0 amide bonds. The second-order valence-electron chi connectivity index (χ2n) is 4.11. The minimum absolute atomic E-state index is 0.497. The van der Waals surface area contributed by atoms with Crippen LogP contribution < -0.4 is 5.73 Å². The normalized spacial score (nSPS) is 10.9. The maximum atomic E-state index is 5.76. The molecule has 0 saturated carbocycles. The first kappa shape index (κ1) is 11.0. The van der Waals surface area contributed by atoms with E-state index in [-0.39, 0.29) is 0 Å². The quantitative estimate of drug-likeness (QED) is 0.568. The number of rotatable bonds is 2. The molecule has 0 fully saturated rings. The molecule has 0 atom stereocenters. The maximum absolute atomic E-state index is 5.76. The lowest BCUT2D eigenvalue weighted by Crippen LogP contribution is -2.01. The van der Waals surface area contributed by atoms with E-state index in [0.717, 1.165) is 22.2 Å². The highest BCUT2D eigenvalue weighted by Crippen LogP contribution is 2.18. The van der Waals surface area contributed by atoms with Crippen LogP contribution in [0.15, 0.2) is 42.7 Å². The molecule has 2 aromatic heterocycles. The third kappa shape index (κ3) is 2.02. The van der Waals surface area contributed by atoms with Crippen molar-refractivity contribution in [3.05, 3.63) is 53.4 Å². The van der Waals surface area contributed by atoms with Crippen LogP contribution in [0.25, 0.3) is 10.9 Å². The second-order valence-corrected chi connectivity index (χ2v) is 4.50. The first-order valence-electron chi connectivity index (χ1n) is 5.54. The van der Waals surface area contributed by atoms with Gasteiger partial charge in [0.15, 0.2) is 0 Å². The van der Waals surface area contributed by atoms with Crippen LogP contribution in [0.1, 0.15) is 5.56 Å². The minimum Gasteiger partial charge on any atom is -0.399 e. The average molecular weight is 259 g/mol. The van der Waals surface area contributed by atoms with Crippen molar-refractivity contribution in [3.8, 4) is 0 Å². The molecule has 3 aromatic rings. The topological polar surface area (TPSA) is 56.7 Å². The highest BCUT2D eigenvalue weighted by atomic mass is 35.5. The van der Waals surface area contributed by atoms with Crippen LogP contribution in [0.2, 0.25) is 5.15 Å². The molecule has 2 N–H and O–H groups in total. The Balaban J connectivity index is 1.97. The molecule has 1 aromatic carbocycles. The van der Waals surface area contributed by atoms with Crippen LogP contribution in [0.4, 0.5) is 5.69 Å². The molecule has 2 heterocycles. The molecule has 0 aliphatic rings. The molecule has 0 bridgehead atoms. The summed E-state index contributed by atoms with van der Waals surface area (Å²) in [6.07, 6.45) is 3.57. The average Bonchev–Trinajstić information content (AvgIpc) is 2.74. The van der Waals surface area contributed by atoms with Crippen molar-refractivity contribution in [2.45, 2.75) is 6.54 Å². The number of halogens is 1. The monoisotopic (exact) mass is 258 g/mol. The van der Waals surface area contributed by atoms with E-state index in [1.807, 2.05) is 35.1 Å².